The van der Waals surface area contributed by atoms with E-state index in [1.54, 1.807) is 0 Å². The minimum absolute atomic E-state index is 0.0782. The zero-order valence-corrected chi connectivity index (χ0v) is 9.20. The average molecular weight is 227 g/mol. The summed E-state index contributed by atoms with van der Waals surface area (Å²) in [6.45, 7) is 1.19. The molecule has 1 saturated heterocycles. The van der Waals surface area contributed by atoms with Crippen molar-refractivity contribution in [1.29, 1.82) is 0 Å². The Morgan fingerprint density at radius 1 is 1.25 bits per heavy atom. The fraction of sp³-hybridized carbons (Fsp3) is 0.818. The molecule has 5 heteroatoms. The number of aliphatic carboxylic acids is 1. The minimum Gasteiger partial charge on any atom is -0.480 e. The van der Waals surface area contributed by atoms with Gasteiger partial charge in [-0.3, -0.25) is 4.79 Å². The average Bonchev–Trinajstić information content (AvgIpc) is 2.24. The third-order valence-electron chi connectivity index (χ3n) is 3.57. The maximum atomic E-state index is 11.9. The van der Waals surface area contributed by atoms with Crippen molar-refractivity contribution < 1.29 is 19.4 Å². The topological polar surface area (TPSA) is 75.6 Å². The van der Waals surface area contributed by atoms with Crippen LogP contribution in [0.5, 0.6) is 0 Å². The molecule has 0 aromatic rings. The second kappa shape index (κ2) is 4.41. The molecular formula is C11H17NO4. The molecule has 1 saturated carbocycles. The van der Waals surface area contributed by atoms with Crippen molar-refractivity contribution in [2.75, 3.05) is 13.2 Å². The molecule has 0 atom stereocenters. The van der Waals surface area contributed by atoms with Gasteiger partial charge in [-0.25, -0.2) is 4.79 Å². The van der Waals surface area contributed by atoms with Crippen LogP contribution in [-0.2, 0) is 14.3 Å². The fourth-order valence-corrected chi connectivity index (χ4v) is 2.22. The lowest BCUT2D eigenvalue weighted by molar-refractivity contribution is -0.153. The summed E-state index contributed by atoms with van der Waals surface area (Å²) in [4.78, 5) is 23.0. The molecular weight excluding hydrogens is 210 g/mol. The monoisotopic (exact) mass is 227 g/mol. The van der Waals surface area contributed by atoms with E-state index in [0.29, 0.717) is 38.9 Å². The highest BCUT2D eigenvalue weighted by Gasteiger charge is 2.46. The van der Waals surface area contributed by atoms with E-state index < -0.39 is 11.5 Å². The zero-order valence-electron chi connectivity index (χ0n) is 9.20. The molecule has 0 bridgehead atoms. The van der Waals surface area contributed by atoms with Crippen molar-refractivity contribution in [3.63, 3.8) is 0 Å². The zero-order chi connectivity index (χ0) is 11.6. The van der Waals surface area contributed by atoms with E-state index in [2.05, 4.69) is 5.32 Å². The van der Waals surface area contributed by atoms with Crippen LogP contribution in [-0.4, -0.2) is 35.7 Å². The number of hydrogen-bond donors (Lipinski definition) is 2. The lowest BCUT2D eigenvalue weighted by Crippen LogP contribution is -2.60. The normalized spacial score (nSPS) is 24.5. The van der Waals surface area contributed by atoms with Crippen molar-refractivity contribution in [2.45, 2.75) is 37.6 Å². The van der Waals surface area contributed by atoms with Gasteiger partial charge in [0, 0.05) is 19.1 Å². The Bertz CT molecular complexity index is 292. The first-order valence-corrected chi connectivity index (χ1v) is 5.77. The Morgan fingerprint density at radius 2 is 1.88 bits per heavy atom. The van der Waals surface area contributed by atoms with Gasteiger partial charge in [0.2, 0.25) is 5.91 Å². The van der Waals surface area contributed by atoms with Gasteiger partial charge in [0.15, 0.2) is 0 Å². The summed E-state index contributed by atoms with van der Waals surface area (Å²) < 4.78 is 5.17. The molecule has 1 aliphatic heterocycles. The van der Waals surface area contributed by atoms with Gasteiger partial charge in [0.05, 0.1) is 0 Å². The van der Waals surface area contributed by atoms with Crippen molar-refractivity contribution >= 4 is 11.9 Å². The largest absolute Gasteiger partial charge is 0.480 e. The quantitative estimate of drug-likeness (QED) is 0.737. The van der Waals surface area contributed by atoms with Crippen LogP contribution in [0.3, 0.4) is 0 Å². The Kier molecular flexibility index (Phi) is 3.14. The lowest BCUT2D eigenvalue weighted by Gasteiger charge is -2.39. The van der Waals surface area contributed by atoms with Gasteiger partial charge in [-0.1, -0.05) is 0 Å². The molecule has 0 radical (unpaired) electrons. The van der Waals surface area contributed by atoms with Crippen LogP contribution in [0.4, 0.5) is 0 Å². The Hall–Kier alpha value is -1.10. The summed E-state index contributed by atoms with van der Waals surface area (Å²) in [6, 6.07) is 0. The Balaban J connectivity index is 1.92. The number of carbonyl (C=O) groups excluding carboxylic acids is 1. The van der Waals surface area contributed by atoms with Crippen LogP contribution in [0, 0.1) is 5.92 Å². The fourth-order valence-electron chi connectivity index (χ4n) is 2.22. The molecule has 2 N–H and O–H groups in total. The van der Waals surface area contributed by atoms with E-state index in [-0.39, 0.29) is 11.8 Å². The Morgan fingerprint density at radius 3 is 2.31 bits per heavy atom. The number of carboxylic acid groups (broad SMARTS) is 1. The van der Waals surface area contributed by atoms with E-state index in [1.807, 2.05) is 0 Å². The number of amides is 1. The molecule has 0 spiro atoms. The van der Waals surface area contributed by atoms with Crippen molar-refractivity contribution in [3.8, 4) is 0 Å². The Labute approximate surface area is 94.2 Å². The molecule has 90 valence electrons. The van der Waals surface area contributed by atoms with Gasteiger partial charge in [-0.15, -0.1) is 0 Å². The summed E-state index contributed by atoms with van der Waals surface area (Å²) in [6.07, 6.45) is 3.37. The van der Waals surface area contributed by atoms with Crippen LogP contribution in [0.25, 0.3) is 0 Å². The smallest absolute Gasteiger partial charge is 0.329 e. The van der Waals surface area contributed by atoms with E-state index >= 15 is 0 Å². The number of rotatable bonds is 3. The maximum absolute atomic E-state index is 11.9. The molecule has 5 nitrogen and oxygen atoms in total. The summed E-state index contributed by atoms with van der Waals surface area (Å²) in [7, 11) is 0. The van der Waals surface area contributed by atoms with Crippen LogP contribution in [0.1, 0.15) is 32.1 Å². The van der Waals surface area contributed by atoms with E-state index in [9.17, 15) is 9.59 Å². The van der Waals surface area contributed by atoms with Gasteiger partial charge < -0.3 is 15.2 Å². The highest BCUT2D eigenvalue weighted by Crippen LogP contribution is 2.32. The molecule has 1 heterocycles. The summed E-state index contributed by atoms with van der Waals surface area (Å²) >= 11 is 0. The standard InChI is InChI=1S/C11H17NO4/c13-9(8-2-6-16-7-3-8)12-11(10(14)15)4-1-5-11/h8H,1-7H2,(H,12,13)(H,14,15). The predicted octanol–water partition coefficient (Wildman–Crippen LogP) is 0.536. The lowest BCUT2D eigenvalue weighted by atomic mass is 9.76. The second-order valence-electron chi connectivity index (χ2n) is 4.62. The first-order valence-electron chi connectivity index (χ1n) is 5.77. The van der Waals surface area contributed by atoms with Gasteiger partial charge in [-0.05, 0) is 32.1 Å². The molecule has 0 aromatic carbocycles. The first-order chi connectivity index (χ1) is 7.64. The van der Waals surface area contributed by atoms with Crippen LogP contribution in [0.15, 0.2) is 0 Å². The number of carboxylic acids is 1. The third-order valence-corrected chi connectivity index (χ3v) is 3.57. The molecule has 1 aliphatic carbocycles. The van der Waals surface area contributed by atoms with Crippen molar-refractivity contribution in [1.82, 2.24) is 5.32 Å². The summed E-state index contributed by atoms with van der Waals surface area (Å²) in [5.41, 5.74) is -0.977. The molecule has 2 fully saturated rings. The highest BCUT2D eigenvalue weighted by atomic mass is 16.5. The van der Waals surface area contributed by atoms with Crippen LogP contribution in [0.2, 0.25) is 0 Å². The SMILES string of the molecule is O=C(NC1(C(=O)O)CCC1)C1CCOCC1. The number of carbonyl (C=O) groups is 2. The van der Waals surface area contributed by atoms with E-state index in [0.717, 1.165) is 6.42 Å². The van der Waals surface area contributed by atoms with Gasteiger partial charge in [0.1, 0.15) is 5.54 Å². The molecule has 0 unspecified atom stereocenters. The molecule has 2 rings (SSSR count). The third kappa shape index (κ3) is 2.04. The van der Waals surface area contributed by atoms with Gasteiger partial charge in [0.25, 0.3) is 0 Å². The molecule has 16 heavy (non-hydrogen) atoms. The van der Waals surface area contributed by atoms with Crippen molar-refractivity contribution in [2.24, 2.45) is 5.92 Å². The summed E-state index contributed by atoms with van der Waals surface area (Å²) in [5, 5.41) is 11.8. The van der Waals surface area contributed by atoms with Gasteiger partial charge in [-0.2, -0.15) is 0 Å². The molecule has 0 aromatic heterocycles. The summed E-state index contributed by atoms with van der Waals surface area (Å²) in [5.74, 6) is -1.10. The second-order valence-corrected chi connectivity index (χ2v) is 4.62. The predicted molar refractivity (Wildman–Crippen MR) is 55.9 cm³/mol. The number of hydrogen-bond acceptors (Lipinski definition) is 3. The van der Waals surface area contributed by atoms with Crippen LogP contribution < -0.4 is 5.32 Å². The highest BCUT2D eigenvalue weighted by molar-refractivity contribution is 5.88. The van der Waals surface area contributed by atoms with E-state index in [4.69, 9.17) is 9.84 Å². The van der Waals surface area contributed by atoms with Crippen LogP contribution >= 0.6 is 0 Å². The van der Waals surface area contributed by atoms with E-state index in [1.165, 1.54) is 0 Å². The van der Waals surface area contributed by atoms with Crippen molar-refractivity contribution in [3.05, 3.63) is 0 Å². The number of nitrogens with one attached hydrogen (secondary N) is 1. The minimum atomic E-state index is -0.977. The maximum Gasteiger partial charge on any atom is 0.329 e. The molecule has 1 amide bonds. The van der Waals surface area contributed by atoms with Gasteiger partial charge >= 0.3 is 5.97 Å². The molecule has 2 aliphatic rings. The first kappa shape index (κ1) is 11.4. The number of ether oxygens (including phenoxy) is 1.